The van der Waals surface area contributed by atoms with E-state index < -0.39 is 25.0 Å². The third-order valence-corrected chi connectivity index (χ3v) is 4.70. The van der Waals surface area contributed by atoms with Gasteiger partial charge >= 0.3 is 13.1 Å². The predicted octanol–water partition coefficient (Wildman–Crippen LogP) is -0.926. The molecule has 3 rings (SSSR count). The maximum absolute atomic E-state index is 11.7. The van der Waals surface area contributed by atoms with Crippen LogP contribution in [0.15, 0.2) is 12.1 Å². The number of carbonyl (C=O) groups excluding carboxylic acids is 1. The summed E-state index contributed by atoms with van der Waals surface area (Å²) in [5.74, 6) is -1.37. The van der Waals surface area contributed by atoms with Gasteiger partial charge in [-0.05, 0) is 24.4 Å². The molecule has 1 atom stereocenters. The number of likely N-dealkylation sites (tertiary alicyclic amines) is 1. The molecule has 0 aliphatic carbocycles. The van der Waals surface area contributed by atoms with Crippen LogP contribution in [0.1, 0.15) is 15.9 Å². The van der Waals surface area contributed by atoms with E-state index in [2.05, 4.69) is 5.48 Å². The summed E-state index contributed by atoms with van der Waals surface area (Å²) in [6.07, 6.45) is 0.666. The number of carboxylic acid groups (broad SMARTS) is 1. The van der Waals surface area contributed by atoms with Gasteiger partial charge in [-0.2, -0.15) is 0 Å². The van der Waals surface area contributed by atoms with Gasteiger partial charge in [-0.3, -0.25) is 14.5 Å². The molecule has 1 aromatic carbocycles. The Bertz CT molecular complexity index is 769. The molecule has 2 heterocycles. The van der Waals surface area contributed by atoms with Crippen molar-refractivity contribution in [2.75, 3.05) is 32.8 Å². The van der Waals surface area contributed by atoms with Crippen LogP contribution in [-0.4, -0.2) is 84.1 Å². The average Bonchev–Trinajstić information content (AvgIpc) is 2.65. The Kier molecular flexibility index (Phi) is 10.8. The van der Waals surface area contributed by atoms with Crippen molar-refractivity contribution < 1.29 is 39.1 Å². The summed E-state index contributed by atoms with van der Waals surface area (Å²) < 4.78 is 11.2. The number of benzene rings is 1. The fourth-order valence-electron chi connectivity index (χ4n) is 3.24. The zero-order chi connectivity index (χ0) is 21.0. The van der Waals surface area contributed by atoms with Gasteiger partial charge in [-0.15, -0.1) is 24.8 Å². The van der Waals surface area contributed by atoms with Gasteiger partial charge in [0.2, 0.25) is 0 Å². The number of ether oxygens (including phenoxy) is 1. The molecule has 31 heavy (non-hydrogen) atoms. The Labute approximate surface area is 191 Å². The molecule has 0 unspecified atom stereocenters. The third kappa shape index (κ3) is 6.84. The van der Waals surface area contributed by atoms with Gasteiger partial charge in [0, 0.05) is 19.6 Å². The second-order valence-corrected chi connectivity index (χ2v) is 6.95. The molecule has 0 saturated carbocycles. The van der Waals surface area contributed by atoms with Crippen molar-refractivity contribution in [3.8, 4) is 11.5 Å². The number of amides is 1. The molecule has 0 spiro atoms. The van der Waals surface area contributed by atoms with Crippen molar-refractivity contribution in [1.82, 2.24) is 10.4 Å². The highest BCUT2D eigenvalue weighted by molar-refractivity contribution is 6.44. The third-order valence-electron chi connectivity index (χ3n) is 4.70. The van der Waals surface area contributed by atoms with E-state index in [9.17, 15) is 19.7 Å². The number of aliphatic hydroxyl groups is 1. The largest absolute Gasteiger partial charge is 0.535 e. The number of nitrogens with two attached hydrogens (primary N) is 1. The monoisotopic (exact) mass is 481 g/mol. The van der Waals surface area contributed by atoms with Crippen LogP contribution in [0.2, 0.25) is 6.32 Å². The first-order valence-electron chi connectivity index (χ1n) is 9.30. The Morgan fingerprint density at radius 3 is 2.71 bits per heavy atom. The SMILES string of the molecule is Cl.Cl.N[C@H](CN1CC(Oc2ccc3c(c2C(=O)O)OB(O)CC3)C1)C(=O)NOCCO. The lowest BCUT2D eigenvalue weighted by atomic mass is 9.78. The number of rotatable bonds is 9. The minimum atomic E-state index is -1.19. The van der Waals surface area contributed by atoms with Crippen molar-refractivity contribution in [3.63, 3.8) is 0 Å². The maximum atomic E-state index is 11.7. The molecule has 1 fully saturated rings. The summed E-state index contributed by atoms with van der Waals surface area (Å²) in [5.41, 5.74) is 8.58. The standard InChI is InChI=1S/C17H24BN3O8.2ClH/c19-12(16(23)20-27-6-5-22)9-21-7-11(8-21)28-13-2-1-10-3-4-18(26)29-15(10)14(13)17(24)25;;/h1-2,11-12,22,26H,3-9,19H2,(H,20,23)(H,24,25);2*1H/t12-;;/m1../s1. The summed E-state index contributed by atoms with van der Waals surface area (Å²) in [6, 6.07) is 2.53. The van der Waals surface area contributed by atoms with E-state index in [-0.39, 0.29) is 67.7 Å². The summed E-state index contributed by atoms with van der Waals surface area (Å²) in [7, 11) is -1.04. The molecule has 1 aromatic rings. The minimum Gasteiger partial charge on any atom is -0.535 e. The number of carboxylic acids is 1. The quantitative estimate of drug-likeness (QED) is 0.169. The average molecular weight is 482 g/mol. The molecule has 14 heteroatoms. The second-order valence-electron chi connectivity index (χ2n) is 6.95. The van der Waals surface area contributed by atoms with Crippen molar-refractivity contribution in [2.45, 2.75) is 24.9 Å². The molecular weight excluding hydrogens is 456 g/mol. The van der Waals surface area contributed by atoms with Gasteiger partial charge < -0.3 is 30.4 Å². The van der Waals surface area contributed by atoms with E-state index in [0.29, 0.717) is 25.8 Å². The van der Waals surface area contributed by atoms with E-state index in [1.807, 2.05) is 4.90 Å². The number of fused-ring (bicyclic) bond motifs is 1. The molecule has 2 aliphatic heterocycles. The summed E-state index contributed by atoms with van der Waals surface area (Å²) >= 11 is 0. The fraction of sp³-hybridized carbons (Fsp3) is 0.529. The number of hydroxylamine groups is 1. The Hall–Kier alpha value is -1.80. The Morgan fingerprint density at radius 1 is 1.35 bits per heavy atom. The van der Waals surface area contributed by atoms with E-state index in [4.69, 9.17) is 25.1 Å². The number of aliphatic hydroxyl groups excluding tert-OH is 1. The van der Waals surface area contributed by atoms with Gasteiger partial charge in [0.1, 0.15) is 23.2 Å². The van der Waals surface area contributed by atoms with Gasteiger partial charge in [0.05, 0.1) is 19.3 Å². The minimum absolute atomic E-state index is 0. The first-order valence-corrected chi connectivity index (χ1v) is 9.30. The zero-order valence-corrected chi connectivity index (χ0v) is 18.2. The highest BCUT2D eigenvalue weighted by Crippen LogP contribution is 2.37. The molecule has 0 radical (unpaired) electrons. The van der Waals surface area contributed by atoms with E-state index in [0.717, 1.165) is 5.56 Å². The lowest BCUT2D eigenvalue weighted by Gasteiger charge is -2.40. The van der Waals surface area contributed by atoms with Gasteiger partial charge in [0.25, 0.3) is 5.91 Å². The van der Waals surface area contributed by atoms with Crippen LogP contribution in [0, 0.1) is 0 Å². The van der Waals surface area contributed by atoms with Crippen LogP contribution >= 0.6 is 24.8 Å². The number of aryl methyl sites for hydroxylation is 1. The van der Waals surface area contributed by atoms with E-state index in [1.165, 1.54) is 0 Å². The molecule has 11 nitrogen and oxygen atoms in total. The number of aromatic carboxylic acids is 1. The van der Waals surface area contributed by atoms with Crippen molar-refractivity contribution >= 4 is 43.8 Å². The van der Waals surface area contributed by atoms with Crippen molar-refractivity contribution in [2.24, 2.45) is 5.73 Å². The fourth-order valence-corrected chi connectivity index (χ4v) is 3.24. The molecule has 0 bridgehead atoms. The van der Waals surface area contributed by atoms with E-state index in [1.54, 1.807) is 12.1 Å². The molecule has 1 saturated heterocycles. The number of carbonyl (C=O) groups is 2. The molecule has 1 amide bonds. The van der Waals surface area contributed by atoms with Gasteiger partial charge in [-0.25, -0.2) is 10.3 Å². The number of halogens is 2. The van der Waals surface area contributed by atoms with E-state index >= 15 is 0 Å². The van der Waals surface area contributed by atoms with Crippen LogP contribution in [0.25, 0.3) is 0 Å². The predicted molar refractivity (Wildman–Crippen MR) is 115 cm³/mol. The number of nitrogens with one attached hydrogen (secondary N) is 1. The second kappa shape index (κ2) is 12.3. The molecular formula is C17H26BCl2N3O8. The van der Waals surface area contributed by atoms with Gasteiger partial charge in [-0.1, -0.05) is 6.07 Å². The Balaban J connectivity index is 0.00000240. The highest BCUT2D eigenvalue weighted by Gasteiger charge is 2.34. The normalized spacial score (nSPS) is 16.5. The topological polar surface area (TPSA) is 164 Å². The number of hydrogen-bond acceptors (Lipinski definition) is 9. The lowest BCUT2D eigenvalue weighted by Crippen LogP contribution is -2.59. The van der Waals surface area contributed by atoms with Crippen LogP contribution in [-0.2, 0) is 16.1 Å². The molecule has 0 aromatic heterocycles. The molecule has 2 aliphatic rings. The first kappa shape index (κ1) is 27.2. The van der Waals surface area contributed by atoms with Gasteiger partial charge in [0.15, 0.2) is 0 Å². The zero-order valence-electron chi connectivity index (χ0n) is 16.6. The maximum Gasteiger partial charge on any atom is 0.522 e. The van der Waals surface area contributed by atoms with Crippen LogP contribution < -0.4 is 20.6 Å². The van der Waals surface area contributed by atoms with Crippen LogP contribution in [0.5, 0.6) is 11.5 Å². The molecule has 174 valence electrons. The van der Waals surface area contributed by atoms with Crippen LogP contribution in [0.3, 0.4) is 0 Å². The lowest BCUT2D eigenvalue weighted by molar-refractivity contribution is -0.136. The number of nitrogens with zero attached hydrogens (tertiary/aromatic N) is 1. The van der Waals surface area contributed by atoms with Crippen molar-refractivity contribution in [1.29, 1.82) is 0 Å². The summed E-state index contributed by atoms with van der Waals surface area (Å²) in [4.78, 5) is 30.1. The van der Waals surface area contributed by atoms with Crippen LogP contribution in [0.4, 0.5) is 0 Å². The smallest absolute Gasteiger partial charge is 0.522 e. The molecule has 6 N–H and O–H groups in total. The highest BCUT2D eigenvalue weighted by atomic mass is 35.5. The number of hydrogen-bond donors (Lipinski definition) is 5. The first-order chi connectivity index (χ1) is 13.9. The summed E-state index contributed by atoms with van der Waals surface area (Å²) in [5, 5.41) is 27.9. The Morgan fingerprint density at radius 2 is 2.06 bits per heavy atom. The summed E-state index contributed by atoms with van der Waals surface area (Å²) in [6.45, 7) is 0.979. The van der Waals surface area contributed by atoms with Crippen molar-refractivity contribution in [3.05, 3.63) is 23.3 Å².